The van der Waals surface area contributed by atoms with Gasteiger partial charge in [-0.2, -0.15) is 0 Å². The molecule has 0 unspecified atom stereocenters. The van der Waals surface area contributed by atoms with E-state index in [1.165, 1.54) is 5.56 Å². The van der Waals surface area contributed by atoms with Crippen LogP contribution in [0, 0.1) is 0 Å². The first-order valence-corrected chi connectivity index (χ1v) is 6.70. The lowest BCUT2D eigenvalue weighted by Crippen LogP contribution is -2.27. The minimum absolute atomic E-state index is 0.227. The van der Waals surface area contributed by atoms with Crippen molar-refractivity contribution < 1.29 is 4.74 Å². The van der Waals surface area contributed by atoms with Gasteiger partial charge in [0.05, 0.1) is 0 Å². The number of ether oxygens (including phenoxy) is 1. The largest absolute Gasteiger partial charge is 0.483 e. The minimum atomic E-state index is -0.227. The molecule has 0 N–H and O–H groups in total. The molecule has 0 saturated carbocycles. The summed E-state index contributed by atoms with van der Waals surface area (Å²) in [4.78, 5) is 0. The van der Waals surface area contributed by atoms with Gasteiger partial charge in [0.1, 0.15) is 11.4 Å². The lowest BCUT2D eigenvalue weighted by molar-refractivity contribution is 0.159. The molecule has 0 atom stereocenters. The average Bonchev–Trinajstić information content (AvgIpc) is 2.38. The highest BCUT2D eigenvalue weighted by atomic mass is 35.5. The van der Waals surface area contributed by atoms with Crippen LogP contribution in [0.3, 0.4) is 0 Å². The molecule has 0 aliphatic carbocycles. The summed E-state index contributed by atoms with van der Waals surface area (Å²) < 4.78 is 5.92. The van der Waals surface area contributed by atoms with Gasteiger partial charge in [-0.05, 0) is 55.3 Å². The maximum Gasteiger partial charge on any atom is 0.127 e. The zero-order valence-electron chi connectivity index (χ0n) is 11.0. The molecule has 0 amide bonds. The average molecular weight is 271 g/mol. The Morgan fingerprint density at radius 1 is 0.947 bits per heavy atom. The molecule has 2 heteroatoms. The van der Waals surface area contributed by atoms with Gasteiger partial charge in [-0.15, -0.1) is 0 Å². The third-order valence-corrected chi connectivity index (χ3v) is 3.48. The first-order chi connectivity index (χ1) is 9.03. The Morgan fingerprint density at radius 2 is 1.63 bits per heavy atom. The zero-order chi connectivity index (χ0) is 13.5. The van der Waals surface area contributed by atoms with Crippen molar-refractivity contribution in [2.24, 2.45) is 0 Å². The number of hydrogen-bond acceptors (Lipinski definition) is 1. The fourth-order valence-electron chi connectivity index (χ4n) is 2.20. The second-order valence-electron chi connectivity index (χ2n) is 5.30. The Hall–Kier alpha value is -1.73. The van der Waals surface area contributed by atoms with Gasteiger partial charge >= 0.3 is 0 Å². The second-order valence-corrected chi connectivity index (χ2v) is 5.73. The summed E-state index contributed by atoms with van der Waals surface area (Å²) >= 11 is 5.91. The van der Waals surface area contributed by atoms with E-state index in [9.17, 15) is 0 Å². The molecule has 1 aliphatic rings. The minimum Gasteiger partial charge on any atom is -0.483 e. The molecule has 2 aromatic rings. The third kappa shape index (κ3) is 2.52. The van der Waals surface area contributed by atoms with Crippen LogP contribution in [0.2, 0.25) is 5.02 Å². The van der Waals surface area contributed by atoms with Gasteiger partial charge in [-0.3, -0.25) is 0 Å². The van der Waals surface area contributed by atoms with Crippen molar-refractivity contribution in [1.29, 1.82) is 0 Å². The Morgan fingerprint density at radius 3 is 2.37 bits per heavy atom. The van der Waals surface area contributed by atoms with Crippen molar-refractivity contribution in [3.63, 3.8) is 0 Å². The molecular formula is C17H15ClO. The van der Waals surface area contributed by atoms with Crippen molar-refractivity contribution in [2.75, 3.05) is 0 Å². The van der Waals surface area contributed by atoms with Gasteiger partial charge in [-0.25, -0.2) is 0 Å². The monoisotopic (exact) mass is 270 g/mol. The van der Waals surface area contributed by atoms with Crippen LogP contribution in [0.15, 0.2) is 48.5 Å². The highest BCUT2D eigenvalue weighted by Gasteiger charge is 2.21. The topological polar surface area (TPSA) is 9.23 Å². The number of halogens is 1. The molecule has 0 spiro atoms. The zero-order valence-corrected chi connectivity index (χ0v) is 11.7. The predicted octanol–water partition coefficient (Wildman–Crippen LogP) is 5.19. The molecule has 19 heavy (non-hydrogen) atoms. The van der Waals surface area contributed by atoms with Crippen molar-refractivity contribution in [3.05, 3.63) is 59.1 Å². The summed E-state index contributed by atoms with van der Waals surface area (Å²) in [5, 5.41) is 0.756. The van der Waals surface area contributed by atoms with Crippen molar-refractivity contribution >= 4 is 17.7 Å². The first-order valence-electron chi connectivity index (χ1n) is 6.32. The fourth-order valence-corrected chi connectivity index (χ4v) is 2.33. The number of hydrogen-bond donors (Lipinski definition) is 0. The predicted molar refractivity (Wildman–Crippen MR) is 80.6 cm³/mol. The third-order valence-electron chi connectivity index (χ3n) is 3.22. The van der Waals surface area contributed by atoms with Crippen LogP contribution >= 0.6 is 11.6 Å². The molecule has 1 nitrogen and oxygen atoms in total. The van der Waals surface area contributed by atoms with Crippen LogP contribution in [-0.2, 0) is 0 Å². The van der Waals surface area contributed by atoms with E-state index in [4.69, 9.17) is 16.3 Å². The van der Waals surface area contributed by atoms with E-state index in [-0.39, 0.29) is 5.60 Å². The Kier molecular flexibility index (Phi) is 2.87. The Balaban J connectivity index is 2.01. The molecule has 0 saturated heterocycles. The van der Waals surface area contributed by atoms with Crippen molar-refractivity contribution in [3.8, 4) is 16.9 Å². The van der Waals surface area contributed by atoms with Crippen LogP contribution in [0.5, 0.6) is 5.75 Å². The van der Waals surface area contributed by atoms with Crippen LogP contribution in [0.1, 0.15) is 19.4 Å². The van der Waals surface area contributed by atoms with E-state index in [0.717, 1.165) is 21.9 Å². The summed E-state index contributed by atoms with van der Waals surface area (Å²) in [5.41, 5.74) is 3.22. The van der Waals surface area contributed by atoms with Crippen LogP contribution < -0.4 is 4.74 Å². The maximum atomic E-state index is 5.92. The molecule has 1 heterocycles. The van der Waals surface area contributed by atoms with E-state index >= 15 is 0 Å². The van der Waals surface area contributed by atoms with E-state index in [1.54, 1.807) is 0 Å². The highest BCUT2D eigenvalue weighted by molar-refractivity contribution is 6.30. The Labute approximate surface area is 118 Å². The maximum absolute atomic E-state index is 5.92. The van der Waals surface area contributed by atoms with Gasteiger partial charge in [0.2, 0.25) is 0 Å². The lowest BCUT2D eigenvalue weighted by Gasteiger charge is -2.28. The normalized spacial score (nSPS) is 15.7. The second kappa shape index (κ2) is 4.43. The summed E-state index contributed by atoms with van der Waals surface area (Å²) in [6.07, 6.45) is 4.21. The van der Waals surface area contributed by atoms with E-state index < -0.39 is 0 Å². The van der Waals surface area contributed by atoms with Gasteiger partial charge in [0, 0.05) is 10.6 Å². The van der Waals surface area contributed by atoms with E-state index in [2.05, 4.69) is 38.1 Å². The molecule has 0 radical (unpaired) electrons. The molecular weight excluding hydrogens is 256 g/mol. The molecule has 0 aromatic heterocycles. The summed E-state index contributed by atoms with van der Waals surface area (Å²) in [7, 11) is 0. The van der Waals surface area contributed by atoms with E-state index in [0.29, 0.717) is 0 Å². The molecule has 2 aromatic carbocycles. The first kappa shape index (κ1) is 12.3. The van der Waals surface area contributed by atoms with Gasteiger partial charge in [0.15, 0.2) is 0 Å². The van der Waals surface area contributed by atoms with Gasteiger partial charge in [-0.1, -0.05) is 35.9 Å². The SMILES string of the molecule is CC1(C)C=Cc2cc(-c3ccc(Cl)cc3)ccc2O1. The van der Waals surface area contributed by atoms with Crippen molar-refractivity contribution in [1.82, 2.24) is 0 Å². The molecule has 0 bridgehead atoms. The molecule has 96 valence electrons. The van der Waals surface area contributed by atoms with Crippen LogP contribution in [0.25, 0.3) is 17.2 Å². The fraction of sp³-hybridized carbons (Fsp3) is 0.176. The number of benzene rings is 2. The van der Waals surface area contributed by atoms with Crippen molar-refractivity contribution in [2.45, 2.75) is 19.4 Å². The quantitative estimate of drug-likeness (QED) is 0.693. The lowest BCUT2D eigenvalue weighted by atomic mass is 9.98. The smallest absolute Gasteiger partial charge is 0.127 e. The Bertz CT molecular complexity index is 639. The molecule has 1 aliphatic heterocycles. The van der Waals surface area contributed by atoms with Crippen LogP contribution in [0.4, 0.5) is 0 Å². The number of fused-ring (bicyclic) bond motifs is 1. The molecule has 3 rings (SSSR count). The highest BCUT2D eigenvalue weighted by Crippen LogP contribution is 2.34. The van der Waals surface area contributed by atoms with E-state index in [1.807, 2.05) is 30.3 Å². The summed E-state index contributed by atoms with van der Waals surface area (Å²) in [6.45, 7) is 4.11. The number of rotatable bonds is 1. The van der Waals surface area contributed by atoms with Gasteiger partial charge < -0.3 is 4.74 Å². The van der Waals surface area contributed by atoms with Gasteiger partial charge in [0.25, 0.3) is 0 Å². The standard InChI is InChI=1S/C17H15ClO/c1-17(2)10-9-14-11-13(5-8-16(14)19-17)12-3-6-15(18)7-4-12/h3-11H,1-2H3. The summed E-state index contributed by atoms with van der Waals surface area (Å²) in [6, 6.07) is 14.1. The van der Waals surface area contributed by atoms with Crippen LogP contribution in [-0.4, -0.2) is 5.60 Å². The summed E-state index contributed by atoms with van der Waals surface area (Å²) in [5.74, 6) is 0.935. The molecule has 0 fully saturated rings.